The zero-order valence-corrected chi connectivity index (χ0v) is 15.0. The van der Waals surface area contributed by atoms with Gasteiger partial charge in [0.2, 0.25) is 0 Å². The fourth-order valence-corrected chi connectivity index (χ4v) is 3.78. The Hall–Kier alpha value is -2.05. The summed E-state index contributed by atoms with van der Waals surface area (Å²) in [6.45, 7) is 0.641. The minimum absolute atomic E-state index is 0.202. The maximum absolute atomic E-state index is 12.0. The van der Waals surface area contributed by atoms with Gasteiger partial charge in [0.05, 0.1) is 10.2 Å². The van der Waals surface area contributed by atoms with E-state index in [1.807, 2.05) is 36.6 Å². The Morgan fingerprint density at radius 1 is 1.21 bits per heavy atom. The highest BCUT2D eigenvalue weighted by atomic mass is 32.2. The second-order valence-corrected chi connectivity index (χ2v) is 7.23. The Morgan fingerprint density at radius 3 is 2.83 bits per heavy atom. The number of aryl methyl sites for hydroxylation is 1. The SMILES string of the molecule is CSc1ccc2nc(NC(=O)NCCCc3ccccc3)sc2c1. The Bertz CT molecular complexity index is 818. The van der Waals surface area contributed by atoms with E-state index in [0.717, 1.165) is 23.1 Å². The molecule has 6 heteroatoms. The standard InChI is InChI=1S/C18H19N3OS2/c1-23-14-9-10-15-16(12-14)24-18(20-15)21-17(22)19-11-5-8-13-6-3-2-4-7-13/h2-4,6-7,9-10,12H,5,8,11H2,1H3,(H2,19,20,21,22). The molecule has 124 valence electrons. The van der Waals surface area contributed by atoms with Gasteiger partial charge in [-0.3, -0.25) is 5.32 Å². The number of urea groups is 1. The van der Waals surface area contributed by atoms with E-state index in [9.17, 15) is 4.79 Å². The number of rotatable bonds is 6. The summed E-state index contributed by atoms with van der Waals surface area (Å²) >= 11 is 3.19. The van der Waals surface area contributed by atoms with Crippen molar-refractivity contribution in [3.8, 4) is 0 Å². The third-order valence-corrected chi connectivity index (χ3v) is 5.25. The third kappa shape index (κ3) is 4.49. The average Bonchev–Trinajstić information content (AvgIpc) is 3.00. The number of thiazole rings is 1. The molecule has 0 unspecified atom stereocenters. The molecule has 0 fully saturated rings. The first-order valence-electron chi connectivity index (χ1n) is 7.78. The number of hydrogen-bond acceptors (Lipinski definition) is 4. The van der Waals surface area contributed by atoms with Gasteiger partial charge in [-0.2, -0.15) is 0 Å². The molecule has 0 aliphatic carbocycles. The molecule has 2 N–H and O–H groups in total. The van der Waals surface area contributed by atoms with Crippen molar-refractivity contribution in [2.24, 2.45) is 0 Å². The summed E-state index contributed by atoms with van der Waals surface area (Å²) in [6, 6.07) is 16.2. The summed E-state index contributed by atoms with van der Waals surface area (Å²) in [5.74, 6) is 0. The predicted molar refractivity (Wildman–Crippen MR) is 103 cm³/mol. The van der Waals surface area contributed by atoms with Crippen molar-refractivity contribution in [2.45, 2.75) is 17.7 Å². The molecule has 0 radical (unpaired) electrons. The van der Waals surface area contributed by atoms with Crippen LogP contribution in [0.4, 0.5) is 9.93 Å². The predicted octanol–water partition coefficient (Wildman–Crippen LogP) is 4.77. The number of fused-ring (bicyclic) bond motifs is 1. The molecule has 4 nitrogen and oxygen atoms in total. The maximum Gasteiger partial charge on any atom is 0.321 e. The number of thioether (sulfide) groups is 1. The van der Waals surface area contributed by atoms with E-state index in [0.29, 0.717) is 11.7 Å². The molecular formula is C18H19N3OS2. The maximum atomic E-state index is 12.0. The van der Waals surface area contributed by atoms with Crippen LogP contribution >= 0.6 is 23.1 Å². The highest BCUT2D eigenvalue weighted by molar-refractivity contribution is 7.98. The summed E-state index contributed by atoms with van der Waals surface area (Å²) < 4.78 is 1.08. The lowest BCUT2D eigenvalue weighted by Crippen LogP contribution is -2.29. The number of aromatic nitrogens is 1. The molecule has 2 aromatic carbocycles. The Labute approximate surface area is 149 Å². The van der Waals surface area contributed by atoms with E-state index < -0.39 is 0 Å². The molecule has 0 aliphatic rings. The van der Waals surface area contributed by atoms with Crippen molar-refractivity contribution in [3.05, 3.63) is 54.1 Å². The largest absolute Gasteiger partial charge is 0.338 e. The van der Waals surface area contributed by atoms with Gasteiger partial charge in [0.1, 0.15) is 0 Å². The van der Waals surface area contributed by atoms with Gasteiger partial charge in [-0.15, -0.1) is 11.8 Å². The van der Waals surface area contributed by atoms with Crippen molar-refractivity contribution in [1.29, 1.82) is 0 Å². The second-order valence-electron chi connectivity index (χ2n) is 5.32. The zero-order chi connectivity index (χ0) is 16.8. The van der Waals surface area contributed by atoms with Crippen LogP contribution in [0.15, 0.2) is 53.4 Å². The van der Waals surface area contributed by atoms with Crippen LogP contribution < -0.4 is 10.6 Å². The Morgan fingerprint density at radius 2 is 2.04 bits per heavy atom. The van der Waals surface area contributed by atoms with Crippen molar-refractivity contribution < 1.29 is 4.79 Å². The van der Waals surface area contributed by atoms with Crippen LogP contribution in [0.2, 0.25) is 0 Å². The van der Waals surface area contributed by atoms with Crippen molar-refractivity contribution in [3.63, 3.8) is 0 Å². The minimum Gasteiger partial charge on any atom is -0.338 e. The van der Waals surface area contributed by atoms with Gasteiger partial charge in [-0.25, -0.2) is 9.78 Å². The lowest BCUT2D eigenvalue weighted by molar-refractivity contribution is 0.252. The van der Waals surface area contributed by atoms with Crippen LogP contribution in [0.5, 0.6) is 0 Å². The van der Waals surface area contributed by atoms with Gasteiger partial charge in [0.15, 0.2) is 5.13 Å². The van der Waals surface area contributed by atoms with Gasteiger partial charge < -0.3 is 5.32 Å². The van der Waals surface area contributed by atoms with Gasteiger partial charge in [-0.05, 0) is 42.9 Å². The topological polar surface area (TPSA) is 54.0 Å². The molecule has 3 aromatic rings. The minimum atomic E-state index is -0.202. The number of carbonyl (C=O) groups is 1. The Kier molecular flexibility index (Phi) is 5.72. The monoisotopic (exact) mass is 357 g/mol. The molecular weight excluding hydrogens is 338 g/mol. The van der Waals surface area contributed by atoms with Crippen LogP contribution in [0.1, 0.15) is 12.0 Å². The molecule has 3 rings (SSSR count). The number of carbonyl (C=O) groups excluding carboxylic acids is 1. The van der Waals surface area contributed by atoms with Crippen LogP contribution in [-0.4, -0.2) is 23.8 Å². The fourth-order valence-electron chi connectivity index (χ4n) is 2.37. The molecule has 0 spiro atoms. The van der Waals surface area contributed by atoms with Gasteiger partial charge >= 0.3 is 6.03 Å². The van der Waals surface area contributed by atoms with Crippen LogP contribution in [0.3, 0.4) is 0 Å². The van der Waals surface area contributed by atoms with E-state index in [1.165, 1.54) is 21.8 Å². The molecule has 1 heterocycles. The van der Waals surface area contributed by atoms with E-state index in [4.69, 9.17) is 0 Å². The first-order chi connectivity index (χ1) is 11.7. The zero-order valence-electron chi connectivity index (χ0n) is 13.4. The smallest absolute Gasteiger partial charge is 0.321 e. The van der Waals surface area contributed by atoms with Crippen LogP contribution in [0.25, 0.3) is 10.2 Å². The van der Waals surface area contributed by atoms with E-state index in [2.05, 4.69) is 33.8 Å². The number of amides is 2. The van der Waals surface area contributed by atoms with Crippen molar-refractivity contribution in [1.82, 2.24) is 10.3 Å². The van der Waals surface area contributed by atoms with Crippen LogP contribution in [-0.2, 0) is 6.42 Å². The Balaban J connectivity index is 1.48. The highest BCUT2D eigenvalue weighted by Gasteiger charge is 2.07. The second kappa shape index (κ2) is 8.17. The van der Waals surface area contributed by atoms with Crippen LogP contribution in [0, 0.1) is 0 Å². The van der Waals surface area contributed by atoms with Gasteiger partial charge in [0, 0.05) is 11.4 Å². The quantitative estimate of drug-likeness (QED) is 0.493. The molecule has 1 aromatic heterocycles. The highest BCUT2D eigenvalue weighted by Crippen LogP contribution is 2.29. The molecule has 0 saturated heterocycles. The summed E-state index contributed by atoms with van der Waals surface area (Å²) in [5.41, 5.74) is 2.20. The lowest BCUT2D eigenvalue weighted by Gasteiger charge is -2.05. The van der Waals surface area contributed by atoms with Gasteiger partial charge in [0.25, 0.3) is 0 Å². The van der Waals surface area contributed by atoms with E-state index in [-0.39, 0.29) is 6.03 Å². The summed E-state index contributed by atoms with van der Waals surface area (Å²) in [6.07, 6.45) is 3.92. The molecule has 0 saturated carbocycles. The molecule has 0 atom stereocenters. The number of hydrogen-bond donors (Lipinski definition) is 2. The number of nitrogens with one attached hydrogen (secondary N) is 2. The fraction of sp³-hybridized carbons (Fsp3) is 0.222. The molecule has 0 bridgehead atoms. The number of nitrogens with zero attached hydrogens (tertiary/aromatic N) is 1. The number of benzene rings is 2. The lowest BCUT2D eigenvalue weighted by atomic mass is 10.1. The van der Waals surface area contributed by atoms with Gasteiger partial charge in [-0.1, -0.05) is 41.7 Å². The van der Waals surface area contributed by atoms with Crippen molar-refractivity contribution >= 4 is 44.5 Å². The third-order valence-electron chi connectivity index (χ3n) is 3.59. The average molecular weight is 358 g/mol. The molecule has 24 heavy (non-hydrogen) atoms. The number of anilines is 1. The van der Waals surface area contributed by atoms with E-state index >= 15 is 0 Å². The summed E-state index contributed by atoms with van der Waals surface area (Å²) in [4.78, 5) is 17.6. The molecule has 2 amide bonds. The van der Waals surface area contributed by atoms with E-state index in [1.54, 1.807) is 11.8 Å². The normalized spacial score (nSPS) is 10.7. The molecule has 0 aliphatic heterocycles. The first-order valence-corrected chi connectivity index (χ1v) is 9.82. The first kappa shape index (κ1) is 16.8. The summed E-state index contributed by atoms with van der Waals surface area (Å²) in [7, 11) is 0. The van der Waals surface area contributed by atoms with Crippen molar-refractivity contribution in [2.75, 3.05) is 18.1 Å². The summed E-state index contributed by atoms with van der Waals surface area (Å²) in [5, 5.41) is 6.33.